The standard InChI is InChI=1S/C8H17NO3S/c1-7-2-3-8(4-7,5-9)6-13(10,11)12/h7H,2-6,9H2,1H3,(H,10,11,12)/t7-,8-/m1/s1. The van der Waals surface area contributed by atoms with Gasteiger partial charge in [0.05, 0.1) is 5.75 Å². The molecule has 1 rings (SSSR count). The molecule has 0 radical (unpaired) electrons. The fourth-order valence-electron chi connectivity index (χ4n) is 2.26. The Morgan fingerprint density at radius 3 is 2.54 bits per heavy atom. The first kappa shape index (κ1) is 10.9. The number of nitrogens with two attached hydrogens (primary N) is 1. The van der Waals surface area contributed by atoms with E-state index in [0.29, 0.717) is 12.5 Å². The number of hydrogen-bond acceptors (Lipinski definition) is 3. The van der Waals surface area contributed by atoms with E-state index in [1.54, 1.807) is 0 Å². The molecule has 0 aliphatic heterocycles. The van der Waals surface area contributed by atoms with Crippen LogP contribution in [0.4, 0.5) is 0 Å². The van der Waals surface area contributed by atoms with E-state index in [4.69, 9.17) is 10.3 Å². The van der Waals surface area contributed by atoms with Crippen LogP contribution in [-0.2, 0) is 10.1 Å². The van der Waals surface area contributed by atoms with Crippen LogP contribution in [0.5, 0.6) is 0 Å². The molecule has 3 N–H and O–H groups in total. The molecule has 1 saturated carbocycles. The van der Waals surface area contributed by atoms with Crippen molar-refractivity contribution < 1.29 is 13.0 Å². The normalized spacial score (nSPS) is 35.2. The van der Waals surface area contributed by atoms with Crippen LogP contribution < -0.4 is 5.73 Å². The van der Waals surface area contributed by atoms with Crippen molar-refractivity contribution in [1.29, 1.82) is 0 Å². The summed E-state index contributed by atoms with van der Waals surface area (Å²) in [5, 5.41) is 0. The molecule has 0 saturated heterocycles. The Morgan fingerprint density at radius 1 is 1.62 bits per heavy atom. The summed E-state index contributed by atoms with van der Waals surface area (Å²) in [4.78, 5) is 0. The highest BCUT2D eigenvalue weighted by Crippen LogP contribution is 2.41. The average molecular weight is 207 g/mol. The van der Waals surface area contributed by atoms with Gasteiger partial charge < -0.3 is 5.73 Å². The first-order chi connectivity index (χ1) is 5.87. The summed E-state index contributed by atoms with van der Waals surface area (Å²) < 4.78 is 30.3. The molecular weight excluding hydrogens is 190 g/mol. The summed E-state index contributed by atoms with van der Waals surface area (Å²) in [7, 11) is -3.88. The first-order valence-corrected chi connectivity index (χ1v) is 6.13. The van der Waals surface area contributed by atoms with Gasteiger partial charge in [-0.05, 0) is 30.7 Å². The van der Waals surface area contributed by atoms with Gasteiger partial charge >= 0.3 is 0 Å². The Labute approximate surface area is 79.3 Å². The molecule has 0 aromatic carbocycles. The molecule has 0 aromatic rings. The van der Waals surface area contributed by atoms with Crippen LogP contribution in [-0.4, -0.2) is 25.3 Å². The van der Waals surface area contributed by atoms with Gasteiger partial charge in [-0.25, -0.2) is 0 Å². The Balaban J connectivity index is 2.72. The third-order valence-corrected chi connectivity index (χ3v) is 3.85. The third-order valence-electron chi connectivity index (χ3n) is 2.87. The van der Waals surface area contributed by atoms with Gasteiger partial charge in [0.2, 0.25) is 0 Å². The summed E-state index contributed by atoms with van der Waals surface area (Å²) in [5.41, 5.74) is 5.19. The van der Waals surface area contributed by atoms with Gasteiger partial charge in [0.1, 0.15) is 0 Å². The molecule has 0 bridgehead atoms. The molecular formula is C8H17NO3S. The predicted molar refractivity (Wildman–Crippen MR) is 50.9 cm³/mol. The van der Waals surface area contributed by atoms with Gasteiger partial charge in [0.15, 0.2) is 0 Å². The highest BCUT2D eigenvalue weighted by molar-refractivity contribution is 7.85. The topological polar surface area (TPSA) is 80.4 Å². The molecule has 2 atom stereocenters. The fraction of sp³-hybridized carbons (Fsp3) is 1.00. The van der Waals surface area contributed by atoms with Gasteiger partial charge in [0.25, 0.3) is 10.1 Å². The lowest BCUT2D eigenvalue weighted by molar-refractivity contribution is 0.327. The maximum absolute atomic E-state index is 10.8. The zero-order valence-electron chi connectivity index (χ0n) is 7.86. The molecule has 0 unspecified atom stereocenters. The van der Waals surface area contributed by atoms with Crippen LogP contribution in [0.25, 0.3) is 0 Å². The highest BCUT2D eigenvalue weighted by Gasteiger charge is 2.39. The molecule has 5 heteroatoms. The second kappa shape index (κ2) is 3.55. The molecule has 0 spiro atoms. The summed E-state index contributed by atoms with van der Waals surface area (Å²) in [6.07, 6.45) is 2.63. The molecule has 4 nitrogen and oxygen atoms in total. The Bertz CT molecular complexity index is 275. The minimum atomic E-state index is -3.88. The van der Waals surface area contributed by atoms with Crippen molar-refractivity contribution in [2.24, 2.45) is 17.1 Å². The summed E-state index contributed by atoms with van der Waals surface area (Å²) >= 11 is 0. The van der Waals surface area contributed by atoms with Gasteiger partial charge in [0, 0.05) is 0 Å². The van der Waals surface area contributed by atoms with Crippen molar-refractivity contribution in [2.75, 3.05) is 12.3 Å². The highest BCUT2D eigenvalue weighted by atomic mass is 32.2. The van der Waals surface area contributed by atoms with Crippen molar-refractivity contribution in [3.8, 4) is 0 Å². The maximum Gasteiger partial charge on any atom is 0.265 e. The predicted octanol–water partition coefficient (Wildman–Crippen LogP) is 0.639. The molecule has 1 fully saturated rings. The second-order valence-corrected chi connectivity index (χ2v) is 5.73. The monoisotopic (exact) mass is 207 g/mol. The Morgan fingerprint density at radius 2 is 2.23 bits per heavy atom. The van der Waals surface area contributed by atoms with E-state index in [0.717, 1.165) is 19.3 Å². The van der Waals surface area contributed by atoms with Crippen LogP contribution in [0.3, 0.4) is 0 Å². The molecule has 78 valence electrons. The fourth-order valence-corrected chi connectivity index (χ4v) is 3.41. The number of hydrogen-bond donors (Lipinski definition) is 2. The van der Waals surface area contributed by atoms with E-state index in [9.17, 15) is 8.42 Å². The van der Waals surface area contributed by atoms with E-state index in [-0.39, 0.29) is 11.2 Å². The van der Waals surface area contributed by atoms with Crippen molar-refractivity contribution in [1.82, 2.24) is 0 Å². The van der Waals surface area contributed by atoms with Crippen LogP contribution in [0, 0.1) is 11.3 Å². The molecule has 1 aliphatic rings. The molecule has 0 aromatic heterocycles. The van der Waals surface area contributed by atoms with E-state index < -0.39 is 10.1 Å². The van der Waals surface area contributed by atoms with Gasteiger partial charge in [-0.15, -0.1) is 0 Å². The molecule has 13 heavy (non-hydrogen) atoms. The lowest BCUT2D eigenvalue weighted by Gasteiger charge is -2.25. The van der Waals surface area contributed by atoms with Crippen molar-refractivity contribution in [3.63, 3.8) is 0 Å². The van der Waals surface area contributed by atoms with Crippen molar-refractivity contribution in [2.45, 2.75) is 26.2 Å². The summed E-state index contributed by atoms with van der Waals surface area (Å²) in [6, 6.07) is 0. The van der Waals surface area contributed by atoms with E-state index in [1.807, 2.05) is 0 Å². The summed E-state index contributed by atoms with van der Waals surface area (Å²) in [5.74, 6) is 0.339. The number of rotatable bonds is 3. The third kappa shape index (κ3) is 2.93. The van der Waals surface area contributed by atoms with Crippen LogP contribution in [0.15, 0.2) is 0 Å². The zero-order valence-corrected chi connectivity index (χ0v) is 8.68. The van der Waals surface area contributed by atoms with E-state index >= 15 is 0 Å². The smallest absolute Gasteiger partial charge is 0.265 e. The van der Waals surface area contributed by atoms with Gasteiger partial charge in [-0.2, -0.15) is 8.42 Å². The second-order valence-electron chi connectivity index (χ2n) is 4.28. The first-order valence-electron chi connectivity index (χ1n) is 4.52. The van der Waals surface area contributed by atoms with Crippen molar-refractivity contribution >= 4 is 10.1 Å². The van der Waals surface area contributed by atoms with E-state index in [1.165, 1.54) is 0 Å². The van der Waals surface area contributed by atoms with Crippen LogP contribution in [0.1, 0.15) is 26.2 Å². The molecule has 0 amide bonds. The lowest BCUT2D eigenvalue weighted by Crippen LogP contribution is -2.35. The van der Waals surface area contributed by atoms with Crippen LogP contribution in [0.2, 0.25) is 0 Å². The zero-order chi connectivity index (χ0) is 10.1. The SMILES string of the molecule is C[C@@H]1CC[C@@](CN)(CS(=O)(=O)O)C1. The lowest BCUT2D eigenvalue weighted by atomic mass is 9.88. The molecule has 1 aliphatic carbocycles. The minimum absolute atomic E-state index is 0.180. The Hall–Kier alpha value is -0.130. The van der Waals surface area contributed by atoms with Crippen LogP contribution >= 0.6 is 0 Å². The largest absolute Gasteiger partial charge is 0.330 e. The Kier molecular flexibility index (Phi) is 2.99. The van der Waals surface area contributed by atoms with Gasteiger partial charge in [-0.1, -0.05) is 13.3 Å². The molecule has 0 heterocycles. The maximum atomic E-state index is 10.8. The summed E-state index contributed by atoms with van der Waals surface area (Å²) in [6.45, 7) is 2.43. The van der Waals surface area contributed by atoms with Crippen molar-refractivity contribution in [3.05, 3.63) is 0 Å². The minimum Gasteiger partial charge on any atom is -0.330 e. The quantitative estimate of drug-likeness (QED) is 0.665. The average Bonchev–Trinajstić information content (AvgIpc) is 2.29. The van der Waals surface area contributed by atoms with E-state index in [2.05, 4.69) is 6.92 Å². The van der Waals surface area contributed by atoms with Gasteiger partial charge in [-0.3, -0.25) is 4.55 Å².